The fourth-order valence-electron chi connectivity index (χ4n) is 2.58. The van der Waals surface area contributed by atoms with Gasteiger partial charge in [-0.3, -0.25) is 9.10 Å². The van der Waals surface area contributed by atoms with Crippen molar-refractivity contribution in [2.75, 3.05) is 29.4 Å². The zero-order valence-corrected chi connectivity index (χ0v) is 19.7. The third-order valence-electron chi connectivity index (χ3n) is 4.11. The topological polar surface area (TPSA) is 66.5 Å². The van der Waals surface area contributed by atoms with Crippen molar-refractivity contribution < 1.29 is 30.8 Å². The summed E-state index contributed by atoms with van der Waals surface area (Å²) < 4.78 is 77.7. The van der Waals surface area contributed by atoms with Gasteiger partial charge in [-0.15, -0.1) is 0 Å². The van der Waals surface area contributed by atoms with Crippen LogP contribution < -0.4 is 9.62 Å². The average molecular weight is 533 g/mol. The highest BCUT2D eigenvalue weighted by Gasteiger charge is 2.34. The number of carbonyl (C=O) groups excluding carboxylic acids is 1. The van der Waals surface area contributed by atoms with E-state index < -0.39 is 45.1 Å². The summed E-state index contributed by atoms with van der Waals surface area (Å²) in [5, 5.41) is 2.18. The molecule has 0 aliphatic heterocycles. The Morgan fingerprint density at radius 3 is 2.44 bits per heavy atom. The number of alkyl halides is 3. The van der Waals surface area contributed by atoms with E-state index in [4.69, 9.17) is 23.2 Å². The van der Waals surface area contributed by atoms with Gasteiger partial charge in [-0.2, -0.15) is 24.9 Å². The number of sulfonamides is 1. The highest BCUT2D eigenvalue weighted by Crippen LogP contribution is 2.37. The molecule has 5 nitrogen and oxygen atoms in total. The normalized spacial score (nSPS) is 12.0. The van der Waals surface area contributed by atoms with Crippen LogP contribution in [0.3, 0.4) is 0 Å². The van der Waals surface area contributed by atoms with E-state index in [-0.39, 0.29) is 23.0 Å². The summed E-state index contributed by atoms with van der Waals surface area (Å²) in [6, 6.07) is 6.90. The van der Waals surface area contributed by atoms with Crippen molar-refractivity contribution in [1.29, 1.82) is 0 Å². The van der Waals surface area contributed by atoms with Crippen LogP contribution in [-0.4, -0.2) is 39.4 Å². The van der Waals surface area contributed by atoms with Gasteiger partial charge in [0.25, 0.3) is 0 Å². The molecule has 0 aliphatic rings. The van der Waals surface area contributed by atoms with Crippen molar-refractivity contribution in [2.45, 2.75) is 11.9 Å². The molecule has 2 aromatic carbocycles. The lowest BCUT2D eigenvalue weighted by atomic mass is 10.2. The van der Waals surface area contributed by atoms with Gasteiger partial charge in [0.05, 0.1) is 22.5 Å². The number of halogens is 6. The molecular weight excluding hydrogens is 515 g/mol. The maximum atomic E-state index is 13.7. The van der Waals surface area contributed by atoms with Crippen LogP contribution in [0.5, 0.6) is 0 Å². The largest absolute Gasteiger partial charge is 0.417 e. The fraction of sp³-hybridized carbons (Fsp3) is 0.316. The van der Waals surface area contributed by atoms with E-state index in [9.17, 15) is 30.8 Å². The maximum Gasteiger partial charge on any atom is 0.417 e. The lowest BCUT2D eigenvalue weighted by molar-refractivity contribution is -0.137. The molecule has 0 spiro atoms. The first-order valence-electron chi connectivity index (χ1n) is 8.92. The van der Waals surface area contributed by atoms with E-state index in [0.29, 0.717) is 21.7 Å². The molecule has 2 rings (SSSR count). The smallest absolute Gasteiger partial charge is 0.354 e. The molecule has 0 heterocycles. The van der Waals surface area contributed by atoms with E-state index in [1.165, 1.54) is 23.9 Å². The first-order valence-corrected chi connectivity index (χ1v) is 12.7. The Balaban J connectivity index is 1.98. The number of hydrogen-bond donors (Lipinski definition) is 1. The van der Waals surface area contributed by atoms with Crippen molar-refractivity contribution in [3.8, 4) is 0 Å². The van der Waals surface area contributed by atoms with Crippen molar-refractivity contribution in [1.82, 2.24) is 5.32 Å². The van der Waals surface area contributed by atoms with Crippen molar-refractivity contribution in [3.63, 3.8) is 0 Å². The van der Waals surface area contributed by atoms with Gasteiger partial charge in [0.15, 0.2) is 0 Å². The Kier molecular flexibility index (Phi) is 9.09. The van der Waals surface area contributed by atoms with Gasteiger partial charge in [-0.1, -0.05) is 29.3 Å². The van der Waals surface area contributed by atoms with Crippen LogP contribution in [0.25, 0.3) is 0 Å². The lowest BCUT2D eigenvalue weighted by Gasteiger charge is -2.23. The predicted molar refractivity (Wildman–Crippen MR) is 119 cm³/mol. The molecule has 2 aromatic rings. The molecule has 0 aromatic heterocycles. The maximum absolute atomic E-state index is 13.7. The van der Waals surface area contributed by atoms with Gasteiger partial charge in [0.1, 0.15) is 12.4 Å². The number of carbonyl (C=O) groups is 1. The number of nitrogens with one attached hydrogen (secondary N) is 1. The number of amides is 1. The monoisotopic (exact) mass is 532 g/mol. The molecule has 32 heavy (non-hydrogen) atoms. The summed E-state index contributed by atoms with van der Waals surface area (Å²) >= 11 is 12.8. The number of hydrogen-bond acceptors (Lipinski definition) is 4. The summed E-state index contributed by atoms with van der Waals surface area (Å²) in [4.78, 5) is 12.2. The fourth-order valence-corrected chi connectivity index (χ4v) is 4.85. The van der Waals surface area contributed by atoms with Gasteiger partial charge in [-0.25, -0.2) is 12.8 Å². The molecular formula is C19H18Cl2F4N2O3S2. The van der Waals surface area contributed by atoms with Crippen LogP contribution in [-0.2, 0) is 26.7 Å². The molecule has 0 saturated heterocycles. The van der Waals surface area contributed by atoms with Crippen LogP contribution in [0.2, 0.25) is 10.0 Å². The quantitative estimate of drug-likeness (QED) is 0.366. The van der Waals surface area contributed by atoms with Crippen molar-refractivity contribution >= 4 is 56.6 Å². The van der Waals surface area contributed by atoms with Crippen LogP contribution in [0.15, 0.2) is 36.4 Å². The molecule has 0 atom stereocenters. The Morgan fingerprint density at radius 1 is 1.16 bits per heavy atom. The van der Waals surface area contributed by atoms with E-state index in [2.05, 4.69) is 5.32 Å². The molecule has 0 unspecified atom stereocenters. The molecule has 0 fully saturated rings. The summed E-state index contributed by atoms with van der Waals surface area (Å²) in [6.45, 7) is -0.594. The molecule has 13 heteroatoms. The summed E-state index contributed by atoms with van der Waals surface area (Å²) in [5.74, 6) is -0.529. The zero-order valence-electron chi connectivity index (χ0n) is 16.5. The molecule has 0 saturated carbocycles. The number of anilines is 1. The number of benzene rings is 2. The zero-order chi connectivity index (χ0) is 24.1. The summed E-state index contributed by atoms with van der Waals surface area (Å²) in [7, 11) is -4.07. The first-order chi connectivity index (χ1) is 14.8. The Bertz CT molecular complexity index is 1060. The predicted octanol–water partition coefficient (Wildman–Crippen LogP) is 4.97. The minimum absolute atomic E-state index is 0.127. The summed E-state index contributed by atoms with van der Waals surface area (Å²) in [6.07, 6.45) is -4.02. The average Bonchev–Trinajstić information content (AvgIpc) is 2.66. The molecule has 1 amide bonds. The van der Waals surface area contributed by atoms with Gasteiger partial charge in [-0.05, 0) is 30.3 Å². The van der Waals surface area contributed by atoms with Gasteiger partial charge in [0, 0.05) is 28.6 Å². The van der Waals surface area contributed by atoms with Crippen LogP contribution in [0, 0.1) is 5.82 Å². The highest BCUT2D eigenvalue weighted by atomic mass is 35.5. The number of rotatable bonds is 9. The van der Waals surface area contributed by atoms with Crippen LogP contribution >= 0.6 is 35.0 Å². The number of thioether (sulfide) groups is 1. The SMILES string of the molecule is CS(=O)(=O)N(CC(=O)NCCSCc1c(F)cccc1Cl)c1ccc(Cl)c(C(F)(F)F)c1. The molecule has 0 aliphatic carbocycles. The van der Waals surface area contributed by atoms with E-state index in [1.807, 2.05) is 0 Å². The molecule has 0 radical (unpaired) electrons. The Morgan fingerprint density at radius 2 is 1.84 bits per heavy atom. The lowest BCUT2D eigenvalue weighted by Crippen LogP contribution is -2.41. The molecule has 176 valence electrons. The number of nitrogens with zero attached hydrogens (tertiary/aromatic N) is 1. The van der Waals surface area contributed by atoms with Gasteiger partial charge < -0.3 is 5.32 Å². The standard InChI is InChI=1S/C19H18Cl2F4N2O3S2/c1-32(29,30)27(12-5-6-16(21)14(9-12)19(23,24)25)10-18(28)26-7-8-31-11-13-15(20)3-2-4-17(13)22/h2-6,9H,7-8,10-11H2,1H3,(H,26,28). The van der Waals surface area contributed by atoms with Gasteiger partial charge >= 0.3 is 6.18 Å². The Hall–Kier alpha value is -1.69. The van der Waals surface area contributed by atoms with E-state index in [1.54, 1.807) is 6.07 Å². The van der Waals surface area contributed by atoms with Crippen LogP contribution in [0.4, 0.5) is 23.2 Å². The molecule has 1 N–H and O–H groups in total. The minimum Gasteiger partial charge on any atom is -0.354 e. The third-order valence-corrected chi connectivity index (χ3v) is 6.92. The minimum atomic E-state index is -4.79. The van der Waals surface area contributed by atoms with Crippen molar-refractivity contribution in [2.24, 2.45) is 0 Å². The second kappa shape index (κ2) is 11.0. The van der Waals surface area contributed by atoms with Gasteiger partial charge in [0.2, 0.25) is 15.9 Å². The third kappa shape index (κ3) is 7.43. The van der Waals surface area contributed by atoms with E-state index in [0.717, 1.165) is 18.4 Å². The van der Waals surface area contributed by atoms with Crippen LogP contribution in [0.1, 0.15) is 11.1 Å². The second-order valence-corrected chi connectivity index (χ2v) is 10.4. The highest BCUT2D eigenvalue weighted by molar-refractivity contribution is 7.98. The second-order valence-electron chi connectivity index (χ2n) is 6.53. The Labute approximate surface area is 197 Å². The summed E-state index contributed by atoms with van der Waals surface area (Å²) in [5.41, 5.74) is -1.23. The molecule has 0 bridgehead atoms. The van der Waals surface area contributed by atoms with Crippen molar-refractivity contribution in [3.05, 3.63) is 63.4 Å². The first kappa shape index (κ1) is 26.6. The van der Waals surface area contributed by atoms with E-state index >= 15 is 0 Å².